The van der Waals surface area contributed by atoms with Gasteiger partial charge in [-0.25, -0.2) is 17.1 Å². The lowest BCUT2D eigenvalue weighted by molar-refractivity contribution is -0.160. The number of benzene rings is 1. The summed E-state index contributed by atoms with van der Waals surface area (Å²) in [6.07, 6.45) is 1.52. The normalized spacial score (nSPS) is 25.3. The molecule has 0 N–H and O–H groups in total. The first kappa shape index (κ1) is 21.7. The number of nitrogens with zero attached hydrogens (tertiary/aromatic N) is 2. The highest BCUT2D eigenvalue weighted by Gasteiger charge is 2.48. The molecule has 9 heteroatoms. The predicted molar refractivity (Wildman–Crippen MR) is 106 cm³/mol. The van der Waals surface area contributed by atoms with Gasteiger partial charge in [0.15, 0.2) is 0 Å². The SMILES string of the molecule is CCOC(=O)[C@@]1(C[C@@H]2CC(c3ccc(F)cc3)=NO2)CCCN(S(=O)(=O)CC)C1. The molecule has 0 amide bonds. The number of sulfonamides is 1. The Hall–Kier alpha value is -2.00. The summed E-state index contributed by atoms with van der Waals surface area (Å²) >= 11 is 0. The van der Waals surface area contributed by atoms with Crippen LogP contribution in [-0.4, -0.2) is 56.0 Å². The zero-order chi connectivity index (χ0) is 21.1. The van der Waals surface area contributed by atoms with Crippen molar-refractivity contribution in [3.8, 4) is 0 Å². The highest BCUT2D eigenvalue weighted by Crippen LogP contribution is 2.39. The first-order chi connectivity index (χ1) is 13.8. The van der Waals surface area contributed by atoms with Gasteiger partial charge in [0.2, 0.25) is 10.0 Å². The molecule has 2 aliphatic rings. The van der Waals surface area contributed by atoms with Gasteiger partial charge in [0.1, 0.15) is 11.9 Å². The molecule has 2 atom stereocenters. The number of hydrogen-bond donors (Lipinski definition) is 0. The molecule has 0 unspecified atom stereocenters. The predicted octanol–water partition coefficient (Wildman–Crippen LogP) is 2.70. The number of piperidine rings is 1. The Labute approximate surface area is 170 Å². The Morgan fingerprint density at radius 3 is 2.72 bits per heavy atom. The number of esters is 1. The van der Waals surface area contributed by atoms with E-state index in [4.69, 9.17) is 9.57 Å². The van der Waals surface area contributed by atoms with Crippen LogP contribution < -0.4 is 0 Å². The average molecular weight is 427 g/mol. The maximum Gasteiger partial charge on any atom is 0.313 e. The van der Waals surface area contributed by atoms with E-state index < -0.39 is 21.4 Å². The molecule has 0 saturated carbocycles. The summed E-state index contributed by atoms with van der Waals surface area (Å²) in [6.45, 7) is 4.05. The van der Waals surface area contributed by atoms with Crippen LogP contribution in [0.3, 0.4) is 0 Å². The molecule has 7 nitrogen and oxygen atoms in total. The molecular weight excluding hydrogens is 399 g/mol. The molecule has 2 heterocycles. The third-order valence-corrected chi connectivity index (χ3v) is 7.37. The third-order valence-electron chi connectivity index (χ3n) is 5.54. The van der Waals surface area contributed by atoms with Gasteiger partial charge in [-0.1, -0.05) is 17.3 Å². The van der Waals surface area contributed by atoms with Crippen LogP contribution in [0, 0.1) is 11.2 Å². The van der Waals surface area contributed by atoms with E-state index in [1.54, 1.807) is 26.0 Å². The van der Waals surface area contributed by atoms with Crippen LogP contribution in [0.25, 0.3) is 0 Å². The van der Waals surface area contributed by atoms with Crippen LogP contribution >= 0.6 is 0 Å². The molecule has 0 aliphatic carbocycles. The summed E-state index contributed by atoms with van der Waals surface area (Å²) in [7, 11) is -3.41. The first-order valence-electron chi connectivity index (χ1n) is 9.93. The summed E-state index contributed by atoms with van der Waals surface area (Å²) in [5.41, 5.74) is 0.482. The fraction of sp³-hybridized carbons (Fsp3) is 0.600. The maximum atomic E-state index is 13.2. The zero-order valence-corrected chi connectivity index (χ0v) is 17.6. The van der Waals surface area contributed by atoms with E-state index in [9.17, 15) is 17.6 Å². The maximum absolute atomic E-state index is 13.2. The molecule has 160 valence electrons. The van der Waals surface area contributed by atoms with Crippen molar-refractivity contribution >= 4 is 21.7 Å². The van der Waals surface area contributed by atoms with Gasteiger partial charge in [0.05, 0.1) is 23.5 Å². The average Bonchev–Trinajstić information content (AvgIpc) is 3.17. The van der Waals surface area contributed by atoms with Crippen molar-refractivity contribution < 1.29 is 27.2 Å². The largest absolute Gasteiger partial charge is 0.466 e. The number of ether oxygens (including phenoxy) is 1. The van der Waals surface area contributed by atoms with Gasteiger partial charge in [-0.2, -0.15) is 0 Å². The van der Waals surface area contributed by atoms with Crippen molar-refractivity contribution in [1.29, 1.82) is 0 Å². The molecule has 0 spiro atoms. The van der Waals surface area contributed by atoms with Crippen LogP contribution in [0.2, 0.25) is 0 Å². The molecule has 0 bridgehead atoms. The molecule has 1 aromatic rings. The minimum atomic E-state index is -3.41. The van der Waals surface area contributed by atoms with Gasteiger partial charge >= 0.3 is 5.97 Å². The molecule has 3 rings (SSSR count). The van der Waals surface area contributed by atoms with E-state index >= 15 is 0 Å². The van der Waals surface area contributed by atoms with Crippen LogP contribution in [0.1, 0.15) is 45.1 Å². The second-order valence-electron chi connectivity index (χ2n) is 7.52. The Morgan fingerprint density at radius 2 is 2.07 bits per heavy atom. The molecular formula is C20H27FN2O5S. The fourth-order valence-corrected chi connectivity index (χ4v) is 5.21. The number of halogens is 1. The third kappa shape index (κ3) is 4.78. The van der Waals surface area contributed by atoms with Crippen LogP contribution in [0.4, 0.5) is 4.39 Å². The van der Waals surface area contributed by atoms with Crippen molar-refractivity contribution in [3.05, 3.63) is 35.6 Å². The van der Waals surface area contributed by atoms with Crippen LogP contribution in [0.15, 0.2) is 29.4 Å². The lowest BCUT2D eigenvalue weighted by atomic mass is 9.75. The van der Waals surface area contributed by atoms with Crippen LogP contribution in [-0.2, 0) is 24.4 Å². The molecule has 1 aromatic carbocycles. The van der Waals surface area contributed by atoms with Gasteiger partial charge in [0.25, 0.3) is 0 Å². The summed E-state index contributed by atoms with van der Waals surface area (Å²) < 4.78 is 44.7. The van der Waals surface area contributed by atoms with E-state index in [1.807, 2.05) is 0 Å². The van der Waals surface area contributed by atoms with Gasteiger partial charge < -0.3 is 9.57 Å². The molecule has 0 radical (unpaired) electrons. The second kappa shape index (κ2) is 8.79. The van der Waals surface area contributed by atoms with Gasteiger partial charge in [0, 0.05) is 25.9 Å². The monoisotopic (exact) mass is 426 g/mol. The van der Waals surface area contributed by atoms with E-state index in [2.05, 4.69) is 5.16 Å². The van der Waals surface area contributed by atoms with Crippen LogP contribution in [0.5, 0.6) is 0 Å². The number of hydrogen-bond acceptors (Lipinski definition) is 6. The topological polar surface area (TPSA) is 85.3 Å². The van der Waals surface area contributed by atoms with E-state index in [1.165, 1.54) is 16.4 Å². The second-order valence-corrected chi connectivity index (χ2v) is 9.78. The van der Waals surface area contributed by atoms with E-state index in [0.29, 0.717) is 37.9 Å². The lowest BCUT2D eigenvalue weighted by Gasteiger charge is -2.40. The fourth-order valence-electron chi connectivity index (χ4n) is 4.00. The summed E-state index contributed by atoms with van der Waals surface area (Å²) in [4.78, 5) is 18.5. The number of oxime groups is 1. The molecule has 2 aliphatic heterocycles. The highest BCUT2D eigenvalue weighted by atomic mass is 32.2. The Kier molecular flexibility index (Phi) is 6.58. The minimum absolute atomic E-state index is 0.0103. The Balaban J connectivity index is 1.76. The number of rotatable bonds is 7. The number of carbonyl (C=O) groups is 1. The lowest BCUT2D eigenvalue weighted by Crippen LogP contribution is -2.52. The Bertz CT molecular complexity index is 871. The summed E-state index contributed by atoms with van der Waals surface area (Å²) in [6, 6.07) is 5.99. The standard InChI is InChI=1S/C20H27FN2O5S/c1-3-27-19(24)20(10-5-11-23(14-20)29(25,26)4-2)13-17-12-18(22-28-17)15-6-8-16(21)9-7-15/h6-9,17H,3-5,10-14H2,1-2H3/t17-,20+/m0/s1. The summed E-state index contributed by atoms with van der Waals surface area (Å²) in [5, 5.41) is 4.11. The van der Waals surface area contributed by atoms with Crippen molar-refractivity contribution in [1.82, 2.24) is 4.31 Å². The summed E-state index contributed by atoms with van der Waals surface area (Å²) in [5.74, 6) is -0.732. The zero-order valence-electron chi connectivity index (χ0n) is 16.8. The Morgan fingerprint density at radius 1 is 1.34 bits per heavy atom. The van der Waals surface area contributed by atoms with E-state index in [-0.39, 0.29) is 30.8 Å². The molecule has 1 fully saturated rings. The van der Waals surface area contributed by atoms with Gasteiger partial charge in [-0.3, -0.25) is 4.79 Å². The smallest absolute Gasteiger partial charge is 0.313 e. The van der Waals surface area contributed by atoms with Crippen molar-refractivity contribution in [2.24, 2.45) is 10.6 Å². The first-order valence-corrected chi connectivity index (χ1v) is 11.5. The quantitative estimate of drug-likeness (QED) is 0.626. The van der Waals surface area contributed by atoms with Gasteiger partial charge in [-0.05, 0) is 44.4 Å². The molecule has 0 aromatic heterocycles. The van der Waals surface area contributed by atoms with Crippen molar-refractivity contribution in [2.75, 3.05) is 25.4 Å². The van der Waals surface area contributed by atoms with Crippen molar-refractivity contribution in [3.63, 3.8) is 0 Å². The molecule has 1 saturated heterocycles. The van der Waals surface area contributed by atoms with E-state index in [0.717, 1.165) is 5.56 Å². The number of carbonyl (C=O) groups excluding carboxylic acids is 1. The molecule has 29 heavy (non-hydrogen) atoms. The van der Waals surface area contributed by atoms with Crippen molar-refractivity contribution in [2.45, 2.75) is 45.6 Å². The minimum Gasteiger partial charge on any atom is -0.466 e. The van der Waals surface area contributed by atoms with Gasteiger partial charge in [-0.15, -0.1) is 0 Å². The highest BCUT2D eigenvalue weighted by molar-refractivity contribution is 7.89.